The van der Waals surface area contributed by atoms with Crippen LogP contribution in [-0.2, 0) is 18.3 Å². The summed E-state index contributed by atoms with van der Waals surface area (Å²) < 4.78 is 7.57. The van der Waals surface area contributed by atoms with Gasteiger partial charge in [0, 0.05) is 32.3 Å². The van der Waals surface area contributed by atoms with Crippen LogP contribution in [0.2, 0.25) is 0 Å². The highest BCUT2D eigenvalue weighted by Gasteiger charge is 2.35. The number of carbonyl (C=O) groups excluding carboxylic acids is 1. The highest BCUT2D eigenvalue weighted by molar-refractivity contribution is 5.95. The molecule has 2 aliphatic rings. The zero-order valence-corrected chi connectivity index (χ0v) is 13.8. The fourth-order valence-electron chi connectivity index (χ4n) is 3.65. The molecular weight excluding hydrogens is 304 g/mol. The monoisotopic (exact) mass is 326 g/mol. The van der Waals surface area contributed by atoms with Crippen LogP contribution in [0.5, 0.6) is 5.75 Å². The molecule has 3 heterocycles. The van der Waals surface area contributed by atoms with Gasteiger partial charge in [-0.25, -0.2) is 0 Å². The minimum Gasteiger partial charge on any atom is -0.491 e. The van der Waals surface area contributed by atoms with E-state index in [1.807, 2.05) is 31.6 Å². The van der Waals surface area contributed by atoms with Crippen LogP contribution in [0.3, 0.4) is 0 Å². The molecule has 2 aliphatic heterocycles. The maximum absolute atomic E-state index is 12.9. The fraction of sp³-hybridized carbons (Fsp3) is 0.444. The van der Waals surface area contributed by atoms with Crippen molar-refractivity contribution in [2.45, 2.75) is 18.8 Å². The van der Waals surface area contributed by atoms with Crippen molar-refractivity contribution >= 4 is 11.6 Å². The van der Waals surface area contributed by atoms with E-state index in [0.29, 0.717) is 13.2 Å². The molecule has 1 fully saturated rings. The molecular formula is C18H22N4O2. The normalized spacial score (nSPS) is 22.7. The molecule has 0 unspecified atom stereocenters. The molecule has 2 atom stereocenters. The third kappa shape index (κ3) is 2.78. The van der Waals surface area contributed by atoms with Gasteiger partial charge in [-0.05, 0) is 30.0 Å². The summed E-state index contributed by atoms with van der Waals surface area (Å²) in [4.78, 5) is 12.9. The van der Waals surface area contributed by atoms with Gasteiger partial charge in [-0.1, -0.05) is 12.1 Å². The van der Waals surface area contributed by atoms with Crippen molar-refractivity contribution in [2.75, 3.05) is 25.0 Å². The van der Waals surface area contributed by atoms with Crippen LogP contribution < -0.4 is 15.4 Å². The standard InChI is InChI=1S/C18H22N4O2/c1-22-11-13(8-20-22)14-9-19-10-15(14)18(23)21-16-6-2-4-12-5-3-7-24-17(12)16/h2,4,6,8,11,14-15,19H,3,5,7,9-10H2,1H3,(H,21,23)/t14-,15+/m1/s1. The van der Waals surface area contributed by atoms with Crippen molar-refractivity contribution in [1.82, 2.24) is 15.1 Å². The molecule has 1 aromatic carbocycles. The Bertz CT molecular complexity index is 755. The van der Waals surface area contributed by atoms with Crippen molar-refractivity contribution in [3.05, 3.63) is 41.7 Å². The number of benzene rings is 1. The Hall–Kier alpha value is -2.34. The van der Waals surface area contributed by atoms with Crippen molar-refractivity contribution in [2.24, 2.45) is 13.0 Å². The molecule has 0 bridgehead atoms. The molecule has 0 saturated carbocycles. The quantitative estimate of drug-likeness (QED) is 0.901. The minimum atomic E-state index is -0.103. The van der Waals surface area contributed by atoms with Gasteiger partial charge >= 0.3 is 0 Å². The summed E-state index contributed by atoms with van der Waals surface area (Å²) in [6.45, 7) is 2.19. The number of nitrogens with one attached hydrogen (secondary N) is 2. The summed E-state index contributed by atoms with van der Waals surface area (Å²) in [7, 11) is 1.90. The predicted octanol–water partition coefficient (Wildman–Crippen LogP) is 1.69. The van der Waals surface area contributed by atoms with Crippen LogP contribution in [-0.4, -0.2) is 35.4 Å². The third-order valence-electron chi connectivity index (χ3n) is 4.90. The zero-order valence-electron chi connectivity index (χ0n) is 13.8. The first-order valence-corrected chi connectivity index (χ1v) is 8.47. The SMILES string of the molecule is Cn1cc([C@H]2CNC[C@@H]2C(=O)Nc2cccc3c2OCCC3)cn1. The minimum absolute atomic E-state index is 0.0384. The third-order valence-corrected chi connectivity index (χ3v) is 4.90. The second-order valence-electron chi connectivity index (χ2n) is 6.55. The van der Waals surface area contributed by atoms with Gasteiger partial charge in [0.2, 0.25) is 5.91 Å². The number of ether oxygens (including phenoxy) is 1. The summed E-state index contributed by atoms with van der Waals surface area (Å²) in [5.74, 6) is 0.921. The number of hydrogen-bond donors (Lipinski definition) is 2. The number of nitrogens with zero attached hydrogens (tertiary/aromatic N) is 2. The maximum atomic E-state index is 12.9. The molecule has 0 aliphatic carbocycles. The first-order valence-electron chi connectivity index (χ1n) is 8.47. The summed E-state index contributed by atoms with van der Waals surface area (Å²) in [6, 6.07) is 5.97. The number of anilines is 1. The molecule has 4 rings (SSSR count). The van der Waals surface area contributed by atoms with E-state index in [9.17, 15) is 4.79 Å². The summed E-state index contributed by atoms with van der Waals surface area (Å²) in [5.41, 5.74) is 3.07. The lowest BCUT2D eigenvalue weighted by Crippen LogP contribution is -2.28. The van der Waals surface area contributed by atoms with Gasteiger partial charge in [0.15, 0.2) is 0 Å². The molecule has 24 heavy (non-hydrogen) atoms. The first-order chi connectivity index (χ1) is 11.7. The van der Waals surface area contributed by atoms with Gasteiger partial charge in [0.1, 0.15) is 5.75 Å². The van der Waals surface area contributed by atoms with E-state index in [1.54, 1.807) is 4.68 Å². The Labute approximate surface area is 141 Å². The molecule has 1 saturated heterocycles. The highest BCUT2D eigenvalue weighted by atomic mass is 16.5. The van der Waals surface area contributed by atoms with Crippen LogP contribution in [0.15, 0.2) is 30.6 Å². The Morgan fingerprint density at radius 1 is 1.42 bits per heavy atom. The van der Waals surface area contributed by atoms with Gasteiger partial charge < -0.3 is 15.4 Å². The molecule has 1 amide bonds. The summed E-state index contributed by atoms with van der Waals surface area (Å²) >= 11 is 0. The predicted molar refractivity (Wildman–Crippen MR) is 91.2 cm³/mol. The molecule has 6 nitrogen and oxygen atoms in total. The van der Waals surface area contributed by atoms with Gasteiger partial charge in [0.25, 0.3) is 0 Å². The van der Waals surface area contributed by atoms with Crippen molar-refractivity contribution in [1.29, 1.82) is 0 Å². The van der Waals surface area contributed by atoms with Crippen molar-refractivity contribution in [3.63, 3.8) is 0 Å². The maximum Gasteiger partial charge on any atom is 0.229 e. The number of aromatic nitrogens is 2. The molecule has 2 aromatic rings. The first kappa shape index (κ1) is 15.2. The van der Waals surface area contributed by atoms with Crippen molar-refractivity contribution < 1.29 is 9.53 Å². The molecule has 2 N–H and O–H groups in total. The Morgan fingerprint density at radius 3 is 3.17 bits per heavy atom. The van der Waals surface area contributed by atoms with Crippen molar-refractivity contribution in [3.8, 4) is 5.75 Å². The number of para-hydroxylation sites is 1. The molecule has 0 spiro atoms. The highest BCUT2D eigenvalue weighted by Crippen LogP contribution is 2.34. The van der Waals surface area contributed by atoms with E-state index >= 15 is 0 Å². The van der Waals surface area contributed by atoms with E-state index in [2.05, 4.69) is 21.8 Å². The molecule has 126 valence electrons. The van der Waals surface area contributed by atoms with Crippen LogP contribution in [0, 0.1) is 5.92 Å². The number of fused-ring (bicyclic) bond motifs is 1. The number of rotatable bonds is 3. The summed E-state index contributed by atoms with van der Waals surface area (Å²) in [6.07, 6.45) is 5.87. The Balaban J connectivity index is 1.54. The number of hydrogen-bond acceptors (Lipinski definition) is 4. The smallest absolute Gasteiger partial charge is 0.229 e. The lowest BCUT2D eigenvalue weighted by atomic mass is 9.90. The molecule has 6 heteroatoms. The number of carbonyl (C=O) groups is 1. The average molecular weight is 326 g/mol. The average Bonchev–Trinajstić information content (AvgIpc) is 3.24. The second-order valence-corrected chi connectivity index (χ2v) is 6.55. The summed E-state index contributed by atoms with van der Waals surface area (Å²) in [5, 5.41) is 10.7. The largest absolute Gasteiger partial charge is 0.491 e. The van der Waals surface area contributed by atoms with E-state index in [-0.39, 0.29) is 17.7 Å². The van der Waals surface area contributed by atoms with E-state index in [4.69, 9.17) is 4.74 Å². The fourth-order valence-corrected chi connectivity index (χ4v) is 3.65. The van der Waals surface area contributed by atoms with Crippen LogP contribution in [0.1, 0.15) is 23.5 Å². The van der Waals surface area contributed by atoms with Gasteiger partial charge in [-0.15, -0.1) is 0 Å². The number of aryl methyl sites for hydroxylation is 2. The lowest BCUT2D eigenvalue weighted by molar-refractivity contribution is -0.119. The Kier molecular flexibility index (Phi) is 3.98. The van der Waals surface area contributed by atoms with Crippen LogP contribution in [0.4, 0.5) is 5.69 Å². The van der Waals surface area contributed by atoms with Gasteiger partial charge in [-0.3, -0.25) is 9.48 Å². The molecule has 1 aromatic heterocycles. The van der Waals surface area contributed by atoms with Gasteiger partial charge in [0.05, 0.1) is 24.4 Å². The second kappa shape index (κ2) is 6.28. The van der Waals surface area contributed by atoms with E-state index in [0.717, 1.165) is 36.4 Å². The van der Waals surface area contributed by atoms with Crippen LogP contribution >= 0.6 is 0 Å². The zero-order chi connectivity index (χ0) is 16.5. The van der Waals surface area contributed by atoms with Gasteiger partial charge in [-0.2, -0.15) is 5.10 Å². The van der Waals surface area contributed by atoms with E-state index in [1.165, 1.54) is 5.56 Å². The topological polar surface area (TPSA) is 68.2 Å². The van der Waals surface area contributed by atoms with E-state index < -0.39 is 0 Å². The van der Waals surface area contributed by atoms with Crippen LogP contribution in [0.25, 0.3) is 0 Å². The molecule has 0 radical (unpaired) electrons. The number of amides is 1. The Morgan fingerprint density at radius 2 is 2.33 bits per heavy atom. The lowest BCUT2D eigenvalue weighted by Gasteiger charge is -2.22.